The summed E-state index contributed by atoms with van der Waals surface area (Å²) in [6.45, 7) is 3.21. The van der Waals surface area contributed by atoms with E-state index in [4.69, 9.17) is 0 Å². The molecular formula is C20H25F3N6O. The highest BCUT2D eigenvalue weighted by Gasteiger charge is 2.42. The molecule has 2 aromatic heterocycles. The molecule has 2 aromatic rings. The van der Waals surface area contributed by atoms with Gasteiger partial charge in [0.05, 0.1) is 0 Å². The Morgan fingerprint density at radius 1 is 1.30 bits per heavy atom. The Kier molecular flexibility index (Phi) is 5.54. The minimum atomic E-state index is -4.55. The average molecular weight is 422 g/mol. The molecule has 0 bridgehead atoms. The highest BCUT2D eigenvalue weighted by Crippen LogP contribution is 2.34. The lowest BCUT2D eigenvalue weighted by Crippen LogP contribution is -2.55. The van der Waals surface area contributed by atoms with E-state index in [1.54, 1.807) is 11.1 Å². The van der Waals surface area contributed by atoms with Crippen LogP contribution in [-0.4, -0.2) is 50.7 Å². The smallest absolute Gasteiger partial charge is 0.333 e. The monoisotopic (exact) mass is 422 g/mol. The lowest BCUT2D eigenvalue weighted by Gasteiger charge is -2.40. The maximum atomic E-state index is 13.2. The third-order valence-electron chi connectivity index (χ3n) is 6.10. The van der Waals surface area contributed by atoms with Gasteiger partial charge in [-0.25, -0.2) is 0 Å². The summed E-state index contributed by atoms with van der Waals surface area (Å²) in [5.41, 5.74) is 7.65. The number of amides is 1. The molecule has 3 atom stereocenters. The van der Waals surface area contributed by atoms with Gasteiger partial charge in [0.25, 0.3) is 5.91 Å². The number of carbonyl (C=O) groups is 1. The first-order chi connectivity index (χ1) is 14.3. The van der Waals surface area contributed by atoms with Gasteiger partial charge in [0.2, 0.25) is 0 Å². The molecule has 2 aliphatic rings. The van der Waals surface area contributed by atoms with Crippen molar-refractivity contribution < 1.29 is 18.0 Å². The molecule has 162 valence electrons. The molecule has 0 radical (unpaired) electrons. The maximum absolute atomic E-state index is 13.2. The van der Waals surface area contributed by atoms with Crippen molar-refractivity contribution >= 4 is 5.91 Å². The van der Waals surface area contributed by atoms with Crippen LogP contribution in [0.25, 0.3) is 0 Å². The van der Waals surface area contributed by atoms with Crippen LogP contribution in [0.3, 0.4) is 0 Å². The number of hydrogen-bond donors (Lipinski definition) is 2. The fourth-order valence-corrected chi connectivity index (χ4v) is 4.65. The topological polar surface area (TPSA) is 75.1 Å². The number of likely N-dealkylation sites (tertiary alicyclic amines) is 1. The van der Waals surface area contributed by atoms with Crippen molar-refractivity contribution in [1.82, 2.24) is 30.5 Å². The fraction of sp³-hybridized carbons (Fsp3) is 0.550. The Morgan fingerprint density at radius 3 is 2.80 bits per heavy atom. The second-order valence-electron chi connectivity index (χ2n) is 7.99. The molecule has 4 rings (SSSR count). The Hall–Kier alpha value is -2.46. The van der Waals surface area contributed by atoms with Crippen molar-refractivity contribution in [2.75, 3.05) is 13.1 Å². The van der Waals surface area contributed by atoms with Crippen LogP contribution in [0.2, 0.25) is 0 Å². The number of piperidine rings is 1. The van der Waals surface area contributed by atoms with Crippen LogP contribution in [0.5, 0.6) is 0 Å². The number of carbonyl (C=O) groups excluding carboxylic acids is 1. The first-order valence-corrected chi connectivity index (χ1v) is 10.1. The third-order valence-corrected chi connectivity index (χ3v) is 6.10. The van der Waals surface area contributed by atoms with Gasteiger partial charge in [-0.2, -0.15) is 18.3 Å². The number of pyridine rings is 1. The average Bonchev–Trinajstić information content (AvgIpc) is 3.34. The molecule has 0 aliphatic carbocycles. The summed E-state index contributed by atoms with van der Waals surface area (Å²) in [4.78, 5) is 19.0. The first kappa shape index (κ1) is 20.8. The summed E-state index contributed by atoms with van der Waals surface area (Å²) in [6, 6.07) is 2.64. The van der Waals surface area contributed by atoms with Gasteiger partial charge in [0.15, 0.2) is 5.69 Å². The van der Waals surface area contributed by atoms with Crippen LogP contribution in [0, 0.1) is 6.92 Å². The van der Waals surface area contributed by atoms with Gasteiger partial charge in [0, 0.05) is 56.6 Å². The minimum absolute atomic E-state index is 0.0545. The van der Waals surface area contributed by atoms with Gasteiger partial charge in [-0.1, -0.05) is 0 Å². The van der Waals surface area contributed by atoms with E-state index in [2.05, 4.69) is 20.9 Å². The molecule has 4 heterocycles. The fourth-order valence-electron chi connectivity index (χ4n) is 4.65. The molecule has 0 spiro atoms. The lowest BCUT2D eigenvalue weighted by molar-refractivity contribution is -0.143. The van der Waals surface area contributed by atoms with Crippen molar-refractivity contribution in [1.29, 1.82) is 0 Å². The molecule has 10 heteroatoms. The number of hydrazine groups is 1. The van der Waals surface area contributed by atoms with Gasteiger partial charge in [-0.15, -0.1) is 0 Å². The van der Waals surface area contributed by atoms with Gasteiger partial charge in [-0.3, -0.25) is 25.3 Å². The largest absolute Gasteiger partial charge is 0.433 e. The molecule has 2 N–H and O–H groups in total. The van der Waals surface area contributed by atoms with Gasteiger partial charge >= 0.3 is 6.18 Å². The number of alkyl halides is 3. The highest BCUT2D eigenvalue weighted by molar-refractivity contribution is 5.92. The number of rotatable bonds is 3. The third kappa shape index (κ3) is 3.81. The summed E-state index contributed by atoms with van der Waals surface area (Å²) in [7, 11) is 1.21. The molecule has 2 saturated heterocycles. The molecular weight excluding hydrogens is 397 g/mol. The normalized spacial score (nSPS) is 25.0. The zero-order valence-electron chi connectivity index (χ0n) is 16.9. The van der Waals surface area contributed by atoms with Crippen LogP contribution in [0.4, 0.5) is 13.2 Å². The predicted octanol–water partition coefficient (Wildman–Crippen LogP) is 2.40. The van der Waals surface area contributed by atoms with E-state index in [-0.39, 0.29) is 23.7 Å². The molecule has 0 saturated carbocycles. The standard InChI is InChI=1S/C20H25F3N6O/c1-12-10-24-7-6-13(12)14-11-25-26-18(14)16-5-3-4-8-29(16)19(30)15-9-17(20(21,22)23)28(2)27-15/h6-7,9-10,14,16,18,25-26H,3-5,8,11H2,1-2H3. The van der Waals surface area contributed by atoms with E-state index >= 15 is 0 Å². The number of aryl methyl sites for hydroxylation is 2. The van der Waals surface area contributed by atoms with Crippen molar-refractivity contribution in [3.63, 3.8) is 0 Å². The Balaban J connectivity index is 1.62. The van der Waals surface area contributed by atoms with Crippen molar-refractivity contribution in [2.24, 2.45) is 7.05 Å². The molecule has 1 amide bonds. The number of halogens is 3. The van der Waals surface area contributed by atoms with Crippen LogP contribution in [-0.2, 0) is 13.2 Å². The number of nitrogens with one attached hydrogen (secondary N) is 2. The van der Waals surface area contributed by atoms with Gasteiger partial charge in [0.1, 0.15) is 5.69 Å². The van der Waals surface area contributed by atoms with Crippen molar-refractivity contribution in [3.05, 3.63) is 47.0 Å². The summed E-state index contributed by atoms with van der Waals surface area (Å²) >= 11 is 0. The molecule has 30 heavy (non-hydrogen) atoms. The number of hydrogen-bond acceptors (Lipinski definition) is 5. The summed E-state index contributed by atoms with van der Waals surface area (Å²) < 4.78 is 40.2. The van der Waals surface area contributed by atoms with Crippen molar-refractivity contribution in [3.8, 4) is 0 Å². The van der Waals surface area contributed by atoms with Crippen LogP contribution in [0.1, 0.15) is 52.5 Å². The Bertz CT molecular complexity index is 928. The quantitative estimate of drug-likeness (QED) is 0.795. The summed E-state index contributed by atoms with van der Waals surface area (Å²) in [5, 5.41) is 3.87. The van der Waals surface area contributed by atoms with Gasteiger partial charge in [-0.05, 0) is 43.4 Å². The minimum Gasteiger partial charge on any atom is -0.333 e. The molecule has 2 aliphatic heterocycles. The number of nitrogens with zero attached hydrogens (tertiary/aromatic N) is 4. The van der Waals surface area contributed by atoms with E-state index in [0.29, 0.717) is 13.1 Å². The SMILES string of the molecule is Cc1cnccc1C1CNNC1C1CCCCN1C(=O)c1cc(C(F)(F)F)n(C)n1. The summed E-state index contributed by atoms with van der Waals surface area (Å²) in [6.07, 6.45) is 1.59. The molecule has 7 nitrogen and oxygen atoms in total. The Labute approximate surface area is 172 Å². The van der Waals surface area contributed by atoms with E-state index < -0.39 is 17.8 Å². The zero-order valence-corrected chi connectivity index (χ0v) is 16.9. The molecule has 0 aromatic carbocycles. The first-order valence-electron chi connectivity index (χ1n) is 10.1. The maximum Gasteiger partial charge on any atom is 0.433 e. The van der Waals surface area contributed by atoms with E-state index in [1.807, 2.05) is 19.2 Å². The number of aromatic nitrogens is 3. The molecule has 2 fully saturated rings. The predicted molar refractivity (Wildman–Crippen MR) is 104 cm³/mol. The second kappa shape index (κ2) is 7.99. The van der Waals surface area contributed by atoms with E-state index in [0.717, 1.165) is 41.1 Å². The van der Waals surface area contributed by atoms with Gasteiger partial charge < -0.3 is 4.90 Å². The van der Waals surface area contributed by atoms with E-state index in [1.165, 1.54) is 7.05 Å². The van der Waals surface area contributed by atoms with E-state index in [9.17, 15) is 18.0 Å². The second-order valence-corrected chi connectivity index (χ2v) is 7.99. The van der Waals surface area contributed by atoms with Crippen LogP contribution < -0.4 is 10.9 Å². The molecule has 3 unspecified atom stereocenters. The van der Waals surface area contributed by atoms with Crippen LogP contribution in [0.15, 0.2) is 24.5 Å². The Morgan fingerprint density at radius 2 is 2.10 bits per heavy atom. The van der Waals surface area contributed by atoms with Crippen molar-refractivity contribution in [2.45, 2.75) is 50.4 Å². The highest BCUT2D eigenvalue weighted by atomic mass is 19.4. The lowest BCUT2D eigenvalue weighted by atomic mass is 9.83. The zero-order chi connectivity index (χ0) is 21.5. The van der Waals surface area contributed by atoms with Crippen LogP contribution >= 0.6 is 0 Å². The summed E-state index contributed by atoms with van der Waals surface area (Å²) in [5.74, 6) is -0.328.